The van der Waals surface area contributed by atoms with Crippen molar-refractivity contribution in [2.75, 3.05) is 19.9 Å². The van der Waals surface area contributed by atoms with Gasteiger partial charge in [-0.3, -0.25) is 4.90 Å². The number of rotatable bonds is 5. The van der Waals surface area contributed by atoms with Crippen LogP contribution in [0.5, 0.6) is 11.5 Å². The summed E-state index contributed by atoms with van der Waals surface area (Å²) < 4.78 is 11.0. The maximum Gasteiger partial charge on any atom is 0.231 e. The molecule has 2 unspecified atom stereocenters. The summed E-state index contributed by atoms with van der Waals surface area (Å²) in [6, 6.07) is 17.5. The topological polar surface area (TPSA) is 47.7 Å². The van der Waals surface area contributed by atoms with Gasteiger partial charge in [-0.25, -0.2) is 0 Å². The van der Waals surface area contributed by atoms with Gasteiger partial charge in [0.25, 0.3) is 0 Å². The van der Waals surface area contributed by atoms with Gasteiger partial charge in [-0.1, -0.05) is 42.8 Å². The van der Waals surface area contributed by atoms with Crippen LogP contribution in [0.25, 0.3) is 0 Å². The molecule has 2 atom stereocenters. The zero-order valence-corrected chi connectivity index (χ0v) is 14.6. The van der Waals surface area contributed by atoms with Gasteiger partial charge in [-0.05, 0) is 42.6 Å². The fraction of sp³-hybridized carbons (Fsp3) is 0.429. The Morgan fingerprint density at radius 2 is 1.88 bits per heavy atom. The maximum atomic E-state index is 6.24. The molecule has 2 aromatic rings. The molecule has 2 heterocycles. The van der Waals surface area contributed by atoms with Crippen LogP contribution in [0.15, 0.2) is 48.5 Å². The van der Waals surface area contributed by atoms with E-state index in [0.29, 0.717) is 25.3 Å². The summed E-state index contributed by atoms with van der Waals surface area (Å²) in [5, 5.41) is 0. The van der Waals surface area contributed by atoms with Crippen LogP contribution in [-0.4, -0.2) is 30.8 Å². The highest BCUT2D eigenvalue weighted by molar-refractivity contribution is 5.45. The van der Waals surface area contributed by atoms with Gasteiger partial charge >= 0.3 is 0 Å². The van der Waals surface area contributed by atoms with Crippen LogP contribution < -0.4 is 15.2 Å². The van der Waals surface area contributed by atoms with Crippen molar-refractivity contribution in [1.82, 2.24) is 4.90 Å². The molecular formula is C21H26N2O2. The number of ether oxygens (including phenoxy) is 2. The number of hydrogen-bond acceptors (Lipinski definition) is 4. The van der Waals surface area contributed by atoms with Crippen LogP contribution in [0.1, 0.15) is 36.3 Å². The van der Waals surface area contributed by atoms with E-state index in [1.165, 1.54) is 30.4 Å². The molecule has 0 radical (unpaired) electrons. The summed E-state index contributed by atoms with van der Waals surface area (Å²) in [4.78, 5) is 2.61. The minimum atomic E-state index is 0.315. The van der Waals surface area contributed by atoms with Gasteiger partial charge in [-0.2, -0.15) is 0 Å². The van der Waals surface area contributed by atoms with Gasteiger partial charge < -0.3 is 15.2 Å². The Kier molecular flexibility index (Phi) is 4.90. The highest BCUT2D eigenvalue weighted by atomic mass is 16.7. The molecular weight excluding hydrogens is 312 g/mol. The third-order valence-electron chi connectivity index (χ3n) is 5.44. The summed E-state index contributed by atoms with van der Waals surface area (Å²) in [5.41, 5.74) is 8.87. The standard InChI is InChI=1S/C21H26N2O2/c22-13-18(17-9-10-20-21(12-17)25-15-24-20)19-8-4-5-11-23(19)14-16-6-2-1-3-7-16/h1-3,6-7,9-10,12,18-19H,4-5,8,11,13-15,22H2. The first-order chi connectivity index (χ1) is 12.3. The molecule has 2 aliphatic heterocycles. The maximum absolute atomic E-state index is 6.24. The number of likely N-dealkylation sites (tertiary alicyclic amines) is 1. The highest BCUT2D eigenvalue weighted by Crippen LogP contribution is 2.37. The van der Waals surface area contributed by atoms with Crippen molar-refractivity contribution in [2.24, 2.45) is 5.73 Å². The minimum absolute atomic E-state index is 0.315. The second-order valence-electron chi connectivity index (χ2n) is 6.97. The normalized spacial score (nSPS) is 21.2. The Balaban J connectivity index is 1.57. The molecule has 0 bridgehead atoms. The molecule has 132 valence electrons. The predicted molar refractivity (Wildman–Crippen MR) is 98.9 cm³/mol. The Labute approximate surface area is 149 Å². The lowest BCUT2D eigenvalue weighted by atomic mass is 9.84. The Bertz CT molecular complexity index is 704. The molecule has 2 aromatic carbocycles. The molecule has 1 fully saturated rings. The van der Waals surface area contributed by atoms with Gasteiger partial charge in [0.15, 0.2) is 11.5 Å². The third-order valence-corrected chi connectivity index (χ3v) is 5.44. The van der Waals surface area contributed by atoms with Crippen LogP contribution in [0, 0.1) is 0 Å². The molecule has 4 nitrogen and oxygen atoms in total. The van der Waals surface area contributed by atoms with Gasteiger partial charge in [0.2, 0.25) is 6.79 Å². The van der Waals surface area contributed by atoms with E-state index in [9.17, 15) is 0 Å². The number of nitrogens with two attached hydrogens (primary N) is 1. The van der Waals surface area contributed by atoms with E-state index in [2.05, 4.69) is 47.4 Å². The molecule has 0 aliphatic carbocycles. The van der Waals surface area contributed by atoms with Crippen molar-refractivity contribution < 1.29 is 9.47 Å². The zero-order chi connectivity index (χ0) is 17.1. The van der Waals surface area contributed by atoms with E-state index in [1.54, 1.807) is 0 Å². The summed E-state index contributed by atoms with van der Waals surface area (Å²) in [6.45, 7) is 3.10. The first kappa shape index (κ1) is 16.4. The predicted octanol–water partition coefficient (Wildman–Crippen LogP) is 3.51. The molecule has 0 aromatic heterocycles. The average Bonchev–Trinajstić information content (AvgIpc) is 3.12. The fourth-order valence-electron chi connectivity index (χ4n) is 4.15. The van der Waals surface area contributed by atoms with Crippen molar-refractivity contribution in [3.05, 3.63) is 59.7 Å². The summed E-state index contributed by atoms with van der Waals surface area (Å²) in [5.74, 6) is 2.00. The van der Waals surface area contributed by atoms with Crippen LogP contribution in [0.2, 0.25) is 0 Å². The van der Waals surface area contributed by atoms with Crippen LogP contribution in [0.3, 0.4) is 0 Å². The number of nitrogens with zero attached hydrogens (tertiary/aromatic N) is 1. The highest BCUT2D eigenvalue weighted by Gasteiger charge is 2.31. The molecule has 2 aliphatic rings. The van der Waals surface area contributed by atoms with Crippen molar-refractivity contribution in [2.45, 2.75) is 37.8 Å². The Morgan fingerprint density at radius 1 is 1.04 bits per heavy atom. The van der Waals surface area contributed by atoms with E-state index in [1.807, 2.05) is 6.07 Å². The molecule has 0 amide bonds. The van der Waals surface area contributed by atoms with Crippen molar-refractivity contribution >= 4 is 0 Å². The second-order valence-corrected chi connectivity index (χ2v) is 6.97. The molecule has 0 spiro atoms. The number of hydrogen-bond donors (Lipinski definition) is 1. The molecule has 1 saturated heterocycles. The Hall–Kier alpha value is -2.04. The first-order valence-corrected chi connectivity index (χ1v) is 9.23. The van der Waals surface area contributed by atoms with E-state index >= 15 is 0 Å². The lowest BCUT2D eigenvalue weighted by Crippen LogP contribution is -2.44. The zero-order valence-electron chi connectivity index (χ0n) is 14.6. The van der Waals surface area contributed by atoms with Crippen LogP contribution in [-0.2, 0) is 6.54 Å². The molecule has 4 heteroatoms. The smallest absolute Gasteiger partial charge is 0.231 e. The number of piperidine rings is 1. The monoisotopic (exact) mass is 338 g/mol. The van der Waals surface area contributed by atoms with E-state index in [0.717, 1.165) is 24.6 Å². The van der Waals surface area contributed by atoms with E-state index < -0.39 is 0 Å². The first-order valence-electron chi connectivity index (χ1n) is 9.23. The summed E-state index contributed by atoms with van der Waals surface area (Å²) in [6.07, 6.45) is 3.74. The largest absolute Gasteiger partial charge is 0.454 e. The van der Waals surface area contributed by atoms with Gasteiger partial charge in [0.1, 0.15) is 0 Å². The van der Waals surface area contributed by atoms with Crippen molar-refractivity contribution in [3.8, 4) is 11.5 Å². The lowest BCUT2D eigenvalue weighted by Gasteiger charge is -2.40. The Morgan fingerprint density at radius 3 is 2.72 bits per heavy atom. The van der Waals surface area contributed by atoms with Gasteiger partial charge in [-0.15, -0.1) is 0 Å². The lowest BCUT2D eigenvalue weighted by molar-refractivity contribution is 0.119. The quantitative estimate of drug-likeness (QED) is 0.906. The number of benzene rings is 2. The molecule has 2 N–H and O–H groups in total. The minimum Gasteiger partial charge on any atom is -0.454 e. The van der Waals surface area contributed by atoms with Crippen molar-refractivity contribution in [1.29, 1.82) is 0 Å². The van der Waals surface area contributed by atoms with E-state index in [-0.39, 0.29) is 0 Å². The molecule has 25 heavy (non-hydrogen) atoms. The third kappa shape index (κ3) is 3.51. The SMILES string of the molecule is NCC(c1ccc2c(c1)OCO2)C1CCCCN1Cc1ccccc1. The van der Waals surface area contributed by atoms with Crippen LogP contribution in [0.4, 0.5) is 0 Å². The molecule has 0 saturated carbocycles. The number of fused-ring (bicyclic) bond motifs is 1. The van der Waals surface area contributed by atoms with Gasteiger partial charge in [0, 0.05) is 25.0 Å². The average molecular weight is 338 g/mol. The summed E-state index contributed by atoms with van der Waals surface area (Å²) in [7, 11) is 0. The molecule has 4 rings (SSSR count). The van der Waals surface area contributed by atoms with Crippen LogP contribution >= 0.6 is 0 Å². The van der Waals surface area contributed by atoms with Gasteiger partial charge in [0.05, 0.1) is 0 Å². The fourth-order valence-corrected chi connectivity index (χ4v) is 4.15. The van der Waals surface area contributed by atoms with E-state index in [4.69, 9.17) is 15.2 Å². The summed E-state index contributed by atoms with van der Waals surface area (Å²) >= 11 is 0. The second kappa shape index (κ2) is 7.46. The van der Waals surface area contributed by atoms with Crippen molar-refractivity contribution in [3.63, 3.8) is 0 Å².